The number of hydrogen-bond donors (Lipinski definition) is 0. The summed E-state index contributed by atoms with van der Waals surface area (Å²) in [6, 6.07) is 3.52. The van der Waals surface area contributed by atoms with Crippen molar-refractivity contribution in [2.24, 2.45) is 0 Å². The quantitative estimate of drug-likeness (QED) is 0.466. The monoisotopic (exact) mass is 247 g/mol. The second-order valence-electron chi connectivity index (χ2n) is 2.83. The Morgan fingerprint density at radius 1 is 1.56 bits per heavy atom. The predicted octanol–water partition coefficient (Wildman–Crippen LogP) is 2.65. The molecule has 0 saturated carbocycles. The van der Waals surface area contributed by atoms with Gasteiger partial charge in [-0.1, -0.05) is 6.07 Å². The highest BCUT2D eigenvalue weighted by atomic mass is 35.5. The fourth-order valence-corrected chi connectivity index (χ4v) is 1.28. The van der Waals surface area contributed by atoms with Gasteiger partial charge in [-0.25, -0.2) is 9.18 Å². The Balaban J connectivity index is 2.84. The van der Waals surface area contributed by atoms with Crippen molar-refractivity contribution < 1.29 is 18.8 Å². The molecule has 0 aliphatic heterocycles. The largest absolute Gasteiger partial charge is 0.453 e. The average Bonchev–Trinajstić information content (AvgIpc) is 2.19. The molecule has 0 heterocycles. The van der Waals surface area contributed by atoms with E-state index in [0.717, 1.165) is 6.07 Å². The van der Waals surface area contributed by atoms with E-state index in [2.05, 4.69) is 4.74 Å². The first kappa shape index (κ1) is 12.4. The summed E-state index contributed by atoms with van der Waals surface area (Å²) in [4.78, 5) is 20.1. The third kappa shape index (κ3) is 3.16. The van der Waals surface area contributed by atoms with Gasteiger partial charge in [0.05, 0.1) is 17.1 Å². The van der Waals surface area contributed by atoms with Crippen LogP contribution in [-0.4, -0.2) is 17.0 Å². The van der Waals surface area contributed by atoms with Crippen LogP contribution >= 0.6 is 11.6 Å². The topological polar surface area (TPSA) is 69.4 Å². The van der Waals surface area contributed by atoms with Crippen molar-refractivity contribution in [3.05, 3.63) is 39.7 Å². The molecule has 0 unspecified atom stereocenters. The van der Waals surface area contributed by atoms with Gasteiger partial charge < -0.3 is 4.74 Å². The van der Waals surface area contributed by atoms with E-state index in [4.69, 9.17) is 11.6 Å². The smallest absolute Gasteiger partial charge is 0.403 e. The van der Waals surface area contributed by atoms with Crippen LogP contribution < -0.4 is 0 Å². The Labute approximate surface area is 94.9 Å². The summed E-state index contributed by atoms with van der Waals surface area (Å²) in [5, 5.41) is 10.6. The van der Waals surface area contributed by atoms with E-state index in [9.17, 15) is 19.3 Å². The van der Waals surface area contributed by atoms with Gasteiger partial charge >= 0.3 is 5.43 Å². The molecule has 0 aliphatic rings. The van der Waals surface area contributed by atoms with Crippen molar-refractivity contribution in [3.8, 4) is 0 Å². The minimum Gasteiger partial charge on any atom is -0.453 e. The van der Waals surface area contributed by atoms with E-state index >= 15 is 0 Å². The zero-order valence-electron chi connectivity index (χ0n) is 7.98. The lowest BCUT2D eigenvalue weighted by molar-refractivity contribution is -0.385. The lowest BCUT2D eigenvalue weighted by atomic mass is 10.1. The van der Waals surface area contributed by atoms with Crippen LogP contribution in [0.3, 0.4) is 0 Å². The summed E-state index contributed by atoms with van der Waals surface area (Å²) < 4.78 is 17.6. The first-order valence-corrected chi connectivity index (χ1v) is 4.64. The maximum atomic E-state index is 13.3. The third-order valence-electron chi connectivity index (χ3n) is 1.86. The molecule has 1 aromatic carbocycles. The molecule has 16 heavy (non-hydrogen) atoms. The van der Waals surface area contributed by atoms with Gasteiger partial charge in [0.1, 0.15) is 5.82 Å². The van der Waals surface area contributed by atoms with Crippen LogP contribution in [0.2, 0.25) is 0 Å². The van der Waals surface area contributed by atoms with E-state index < -0.39 is 16.2 Å². The normalized spacial score (nSPS) is 9.88. The molecular weight excluding hydrogens is 241 g/mol. The van der Waals surface area contributed by atoms with E-state index in [-0.39, 0.29) is 24.3 Å². The lowest BCUT2D eigenvalue weighted by Gasteiger charge is -2.03. The molecule has 0 N–H and O–H groups in total. The number of carbonyl (C=O) groups excluding carboxylic acids is 1. The molecule has 86 valence electrons. The van der Waals surface area contributed by atoms with Crippen LogP contribution in [-0.2, 0) is 11.2 Å². The summed E-state index contributed by atoms with van der Waals surface area (Å²) in [7, 11) is 0. The van der Waals surface area contributed by atoms with Crippen molar-refractivity contribution in [3.63, 3.8) is 0 Å². The average molecular weight is 248 g/mol. The van der Waals surface area contributed by atoms with Crippen molar-refractivity contribution in [1.29, 1.82) is 0 Å². The standard InChI is InChI=1S/C9H7ClFNO4/c10-9(13)16-5-4-6-7(11)2-1-3-8(6)12(14)15/h1-3H,4-5H2. The molecule has 0 amide bonds. The van der Waals surface area contributed by atoms with Gasteiger partial charge in [0.2, 0.25) is 0 Å². The molecule has 0 spiro atoms. The first-order valence-electron chi connectivity index (χ1n) is 4.26. The predicted molar refractivity (Wildman–Crippen MR) is 54.0 cm³/mol. The molecule has 0 radical (unpaired) electrons. The van der Waals surface area contributed by atoms with Crippen molar-refractivity contribution in [1.82, 2.24) is 0 Å². The van der Waals surface area contributed by atoms with Crippen LogP contribution in [0.15, 0.2) is 18.2 Å². The van der Waals surface area contributed by atoms with Crippen LogP contribution in [0.1, 0.15) is 5.56 Å². The SMILES string of the molecule is O=C(Cl)OCCc1c(F)cccc1[N+](=O)[O-]. The Kier molecular flexibility index (Phi) is 4.19. The van der Waals surface area contributed by atoms with Crippen LogP contribution in [0.5, 0.6) is 0 Å². The summed E-state index contributed by atoms with van der Waals surface area (Å²) in [6.45, 7) is -0.204. The maximum absolute atomic E-state index is 13.3. The van der Waals surface area contributed by atoms with Gasteiger partial charge in [-0.15, -0.1) is 0 Å². The molecule has 7 heteroatoms. The van der Waals surface area contributed by atoms with Gasteiger partial charge in [-0.2, -0.15) is 0 Å². The van der Waals surface area contributed by atoms with Crippen LogP contribution in [0, 0.1) is 15.9 Å². The van der Waals surface area contributed by atoms with E-state index in [1.54, 1.807) is 0 Å². The molecule has 0 atom stereocenters. The Morgan fingerprint density at radius 3 is 2.81 bits per heavy atom. The molecule has 5 nitrogen and oxygen atoms in total. The highest BCUT2D eigenvalue weighted by Crippen LogP contribution is 2.21. The highest BCUT2D eigenvalue weighted by Gasteiger charge is 2.17. The van der Waals surface area contributed by atoms with E-state index in [0.29, 0.717) is 0 Å². The molecule has 1 rings (SSSR count). The first-order chi connectivity index (χ1) is 7.52. The van der Waals surface area contributed by atoms with Gasteiger partial charge in [0.25, 0.3) is 5.69 Å². The number of nitro benzene ring substituents is 1. The maximum Gasteiger partial charge on any atom is 0.403 e. The Hall–Kier alpha value is -1.69. The van der Waals surface area contributed by atoms with Crippen molar-refractivity contribution in [2.45, 2.75) is 6.42 Å². The van der Waals surface area contributed by atoms with E-state index in [1.165, 1.54) is 12.1 Å². The molecule has 1 aromatic rings. The van der Waals surface area contributed by atoms with Gasteiger partial charge in [0, 0.05) is 24.1 Å². The number of rotatable bonds is 4. The molecule has 0 bridgehead atoms. The fraction of sp³-hybridized carbons (Fsp3) is 0.222. The molecule has 0 aliphatic carbocycles. The number of halogens is 2. The number of ether oxygens (including phenoxy) is 1. The van der Waals surface area contributed by atoms with Gasteiger partial charge in [0.15, 0.2) is 0 Å². The van der Waals surface area contributed by atoms with Crippen molar-refractivity contribution >= 4 is 22.7 Å². The number of benzene rings is 1. The summed E-state index contributed by atoms with van der Waals surface area (Å²) in [6.07, 6.45) is -0.0958. The molecule has 0 fully saturated rings. The minimum atomic E-state index is -1.03. The van der Waals surface area contributed by atoms with Gasteiger partial charge in [-0.05, 0) is 6.07 Å². The number of hydrogen-bond acceptors (Lipinski definition) is 4. The summed E-state index contributed by atoms with van der Waals surface area (Å²) in [5.41, 5.74) is -1.48. The summed E-state index contributed by atoms with van der Waals surface area (Å²) >= 11 is 4.90. The molecule has 0 aromatic heterocycles. The van der Waals surface area contributed by atoms with Gasteiger partial charge in [-0.3, -0.25) is 10.1 Å². The van der Waals surface area contributed by atoms with Crippen LogP contribution in [0.25, 0.3) is 0 Å². The second-order valence-corrected chi connectivity index (χ2v) is 3.14. The number of carbonyl (C=O) groups is 1. The van der Waals surface area contributed by atoms with Crippen LogP contribution in [0.4, 0.5) is 14.9 Å². The second kappa shape index (κ2) is 5.41. The number of nitrogens with zero attached hydrogens (tertiary/aromatic N) is 1. The lowest BCUT2D eigenvalue weighted by Crippen LogP contribution is -2.05. The Morgan fingerprint density at radius 2 is 2.25 bits per heavy atom. The third-order valence-corrected chi connectivity index (χ3v) is 1.97. The molecule has 0 saturated heterocycles. The zero-order valence-corrected chi connectivity index (χ0v) is 8.74. The molecular formula is C9H7ClFNO4. The Bertz CT molecular complexity index is 424. The zero-order chi connectivity index (χ0) is 12.1. The highest BCUT2D eigenvalue weighted by molar-refractivity contribution is 6.61. The minimum absolute atomic E-state index is 0.0958. The summed E-state index contributed by atoms with van der Waals surface area (Å²) in [5.74, 6) is -0.708. The van der Waals surface area contributed by atoms with Crippen molar-refractivity contribution in [2.75, 3.05) is 6.61 Å². The number of nitro groups is 1. The van der Waals surface area contributed by atoms with E-state index in [1.807, 2.05) is 0 Å². The fourth-order valence-electron chi connectivity index (χ4n) is 1.20.